The summed E-state index contributed by atoms with van der Waals surface area (Å²) in [5.41, 5.74) is 1.22. The monoisotopic (exact) mass is 332 g/mol. The van der Waals surface area contributed by atoms with E-state index in [1.54, 1.807) is 6.07 Å². The Morgan fingerprint density at radius 3 is 2.75 bits per heavy atom. The molecule has 0 bridgehead atoms. The van der Waals surface area contributed by atoms with Gasteiger partial charge in [0.15, 0.2) is 0 Å². The number of rotatable bonds is 5. The molecule has 3 rings (SSSR count). The predicted octanol–water partition coefficient (Wildman–Crippen LogP) is 2.48. The minimum Gasteiger partial charge on any atom is -0.488 e. The van der Waals surface area contributed by atoms with E-state index in [4.69, 9.17) is 4.74 Å². The zero-order chi connectivity index (χ0) is 16.9. The van der Waals surface area contributed by atoms with Crippen LogP contribution in [0.1, 0.15) is 11.1 Å². The van der Waals surface area contributed by atoms with Crippen LogP contribution in [0.3, 0.4) is 0 Å². The van der Waals surface area contributed by atoms with Crippen LogP contribution in [0.5, 0.6) is 5.75 Å². The Kier molecular flexibility index (Phi) is 5.05. The van der Waals surface area contributed by atoms with E-state index < -0.39 is 11.6 Å². The number of nitrogens with zero attached hydrogens (tertiary/aromatic N) is 1. The van der Waals surface area contributed by atoms with E-state index in [-0.39, 0.29) is 12.5 Å². The van der Waals surface area contributed by atoms with Crippen LogP contribution in [0.15, 0.2) is 42.5 Å². The second kappa shape index (κ2) is 7.40. The summed E-state index contributed by atoms with van der Waals surface area (Å²) in [6.45, 7) is 2.34. The molecule has 0 atom stereocenters. The molecular weight excluding hydrogens is 314 g/mol. The quantitative estimate of drug-likeness (QED) is 0.915. The van der Waals surface area contributed by atoms with Gasteiger partial charge in [0, 0.05) is 36.8 Å². The van der Waals surface area contributed by atoms with Crippen molar-refractivity contribution in [3.8, 4) is 5.75 Å². The van der Waals surface area contributed by atoms with E-state index in [9.17, 15) is 13.6 Å². The Hall–Kier alpha value is -2.47. The van der Waals surface area contributed by atoms with E-state index in [1.165, 1.54) is 12.1 Å². The molecule has 24 heavy (non-hydrogen) atoms. The molecule has 6 heteroatoms. The van der Waals surface area contributed by atoms with E-state index >= 15 is 0 Å². The van der Waals surface area contributed by atoms with Gasteiger partial charge in [-0.2, -0.15) is 0 Å². The molecule has 1 saturated heterocycles. The second-order valence-corrected chi connectivity index (χ2v) is 5.69. The lowest BCUT2D eigenvalue weighted by molar-refractivity contribution is -0.124. The topological polar surface area (TPSA) is 41.6 Å². The number of benzene rings is 2. The summed E-state index contributed by atoms with van der Waals surface area (Å²) in [6, 6.07) is 10.9. The predicted molar refractivity (Wildman–Crippen MR) is 85.4 cm³/mol. The van der Waals surface area contributed by atoms with Crippen molar-refractivity contribution in [3.05, 3.63) is 65.2 Å². The van der Waals surface area contributed by atoms with E-state index in [2.05, 4.69) is 5.32 Å². The fourth-order valence-corrected chi connectivity index (χ4v) is 2.64. The highest BCUT2D eigenvalue weighted by atomic mass is 19.1. The summed E-state index contributed by atoms with van der Waals surface area (Å²) in [6.07, 6.45) is 0. The number of hydrogen-bond donors (Lipinski definition) is 1. The van der Waals surface area contributed by atoms with Crippen LogP contribution >= 0.6 is 0 Å². The molecule has 1 fully saturated rings. The maximum atomic E-state index is 13.7. The first-order valence-electron chi connectivity index (χ1n) is 7.75. The Bertz CT molecular complexity index is 737. The zero-order valence-corrected chi connectivity index (χ0v) is 13.1. The lowest BCUT2D eigenvalue weighted by Crippen LogP contribution is -2.47. The number of ether oxygens (including phenoxy) is 1. The summed E-state index contributed by atoms with van der Waals surface area (Å²) in [7, 11) is 0. The van der Waals surface area contributed by atoms with Crippen LogP contribution in [0, 0.1) is 11.6 Å². The van der Waals surface area contributed by atoms with Gasteiger partial charge < -0.3 is 10.1 Å². The maximum Gasteiger partial charge on any atom is 0.234 e. The molecule has 126 valence electrons. The summed E-state index contributed by atoms with van der Waals surface area (Å²) in [5.74, 6) is -0.597. The number of hydrogen-bond acceptors (Lipinski definition) is 3. The lowest BCUT2D eigenvalue weighted by atomic mass is 10.1. The number of halogens is 2. The summed E-state index contributed by atoms with van der Waals surface area (Å²) < 4.78 is 32.4. The van der Waals surface area contributed by atoms with E-state index in [0.29, 0.717) is 30.9 Å². The first-order valence-corrected chi connectivity index (χ1v) is 7.75. The lowest BCUT2D eigenvalue weighted by Gasteiger charge is -2.27. The third-order valence-electron chi connectivity index (χ3n) is 3.88. The van der Waals surface area contributed by atoms with Gasteiger partial charge in [0.25, 0.3) is 0 Å². The molecule has 1 heterocycles. The fourth-order valence-electron chi connectivity index (χ4n) is 2.64. The molecule has 1 aliphatic rings. The highest BCUT2D eigenvalue weighted by Crippen LogP contribution is 2.22. The highest BCUT2D eigenvalue weighted by Gasteiger charge is 2.17. The molecule has 1 aliphatic heterocycles. The van der Waals surface area contributed by atoms with Gasteiger partial charge >= 0.3 is 0 Å². The van der Waals surface area contributed by atoms with Crippen LogP contribution in [-0.2, 0) is 17.9 Å². The Morgan fingerprint density at radius 2 is 1.96 bits per heavy atom. The van der Waals surface area contributed by atoms with Crippen molar-refractivity contribution < 1.29 is 18.3 Å². The number of nitrogens with one attached hydrogen (secondary N) is 1. The zero-order valence-electron chi connectivity index (χ0n) is 13.1. The van der Waals surface area contributed by atoms with E-state index in [0.717, 1.165) is 18.2 Å². The van der Waals surface area contributed by atoms with Crippen molar-refractivity contribution in [3.63, 3.8) is 0 Å². The minimum absolute atomic E-state index is 0.00744. The van der Waals surface area contributed by atoms with Crippen LogP contribution in [-0.4, -0.2) is 30.4 Å². The molecule has 0 aliphatic carbocycles. The highest BCUT2D eigenvalue weighted by molar-refractivity contribution is 5.78. The van der Waals surface area contributed by atoms with Gasteiger partial charge in [-0.1, -0.05) is 18.2 Å². The number of amides is 1. The number of piperazine rings is 1. The smallest absolute Gasteiger partial charge is 0.234 e. The normalized spacial score (nSPS) is 15.2. The molecule has 0 radical (unpaired) electrons. The van der Waals surface area contributed by atoms with Crippen molar-refractivity contribution in [2.45, 2.75) is 13.2 Å². The number of para-hydroxylation sites is 1. The van der Waals surface area contributed by atoms with Crippen LogP contribution < -0.4 is 10.1 Å². The molecule has 4 nitrogen and oxygen atoms in total. The number of carbonyl (C=O) groups excluding carboxylic acids is 1. The van der Waals surface area contributed by atoms with Gasteiger partial charge in [-0.3, -0.25) is 9.69 Å². The van der Waals surface area contributed by atoms with Gasteiger partial charge in [-0.25, -0.2) is 8.78 Å². The van der Waals surface area contributed by atoms with Crippen molar-refractivity contribution in [1.82, 2.24) is 10.2 Å². The molecular formula is C18H18F2N2O2. The van der Waals surface area contributed by atoms with Crippen molar-refractivity contribution >= 4 is 5.91 Å². The van der Waals surface area contributed by atoms with Crippen molar-refractivity contribution in [2.24, 2.45) is 0 Å². The summed E-state index contributed by atoms with van der Waals surface area (Å²) in [4.78, 5) is 13.5. The third kappa shape index (κ3) is 4.08. The molecule has 1 amide bonds. The van der Waals surface area contributed by atoms with Crippen molar-refractivity contribution in [1.29, 1.82) is 0 Å². The summed E-state index contributed by atoms with van der Waals surface area (Å²) >= 11 is 0. The van der Waals surface area contributed by atoms with Gasteiger partial charge in [-0.15, -0.1) is 0 Å². The van der Waals surface area contributed by atoms with Crippen LogP contribution in [0.25, 0.3) is 0 Å². The van der Waals surface area contributed by atoms with Crippen molar-refractivity contribution in [2.75, 3.05) is 19.6 Å². The summed E-state index contributed by atoms with van der Waals surface area (Å²) in [5, 5.41) is 2.79. The van der Waals surface area contributed by atoms with Crippen LogP contribution in [0.4, 0.5) is 8.78 Å². The molecule has 0 saturated carbocycles. The van der Waals surface area contributed by atoms with Gasteiger partial charge in [-0.05, 0) is 18.2 Å². The Morgan fingerprint density at radius 1 is 1.12 bits per heavy atom. The average Bonchev–Trinajstić information content (AvgIpc) is 2.55. The number of carbonyl (C=O) groups is 1. The SMILES string of the molecule is O=C1CN(Cc2ccccc2OCc2ccc(F)cc2F)CCN1. The Labute approximate surface area is 139 Å². The average molecular weight is 332 g/mol. The molecule has 1 N–H and O–H groups in total. The maximum absolute atomic E-state index is 13.7. The first-order chi connectivity index (χ1) is 11.6. The third-order valence-corrected chi connectivity index (χ3v) is 3.88. The fraction of sp³-hybridized carbons (Fsp3) is 0.278. The second-order valence-electron chi connectivity index (χ2n) is 5.69. The molecule has 0 spiro atoms. The molecule has 0 aromatic heterocycles. The molecule has 2 aromatic carbocycles. The van der Waals surface area contributed by atoms with Gasteiger partial charge in [0.1, 0.15) is 24.0 Å². The van der Waals surface area contributed by atoms with E-state index in [1.807, 2.05) is 23.1 Å². The Balaban J connectivity index is 1.68. The van der Waals surface area contributed by atoms with Gasteiger partial charge in [0.2, 0.25) is 5.91 Å². The largest absolute Gasteiger partial charge is 0.488 e. The minimum atomic E-state index is -0.625. The van der Waals surface area contributed by atoms with Crippen LogP contribution in [0.2, 0.25) is 0 Å². The first kappa shape index (κ1) is 16.4. The standard InChI is InChI=1S/C18H18F2N2O2/c19-15-6-5-14(16(20)9-15)12-24-17-4-2-1-3-13(17)10-22-8-7-21-18(23)11-22/h1-6,9H,7-8,10-12H2,(H,21,23). The van der Waals surface area contributed by atoms with Gasteiger partial charge in [0.05, 0.1) is 6.54 Å². The molecule has 2 aromatic rings. The molecule has 0 unspecified atom stereocenters.